The Kier molecular flexibility index (Phi) is 9.34. The molecule has 3 aromatic rings. The summed E-state index contributed by atoms with van der Waals surface area (Å²) in [7, 11) is -1.93. The number of carbonyl (C=O) groups excluding carboxylic acids is 1. The molecule has 0 saturated carbocycles. The van der Waals surface area contributed by atoms with E-state index in [1.54, 1.807) is 42.5 Å². The van der Waals surface area contributed by atoms with Crippen molar-refractivity contribution in [3.05, 3.63) is 89.0 Å². The molecule has 0 unspecified atom stereocenters. The van der Waals surface area contributed by atoms with E-state index in [9.17, 15) is 18.3 Å². The molecule has 1 fully saturated rings. The van der Waals surface area contributed by atoms with Gasteiger partial charge in [0.1, 0.15) is 11.5 Å². The maximum atomic E-state index is 12.9. The molecule has 1 heterocycles. The summed E-state index contributed by atoms with van der Waals surface area (Å²) in [6.07, 6.45) is 1.37. The van der Waals surface area contributed by atoms with E-state index in [1.807, 2.05) is 31.2 Å². The number of aromatic hydroxyl groups is 1. The van der Waals surface area contributed by atoms with Gasteiger partial charge in [0.05, 0.1) is 36.1 Å². The average molecular weight is 551 g/mol. The fraction of sp³-hybridized carbons (Fsp3) is 0.310. The summed E-state index contributed by atoms with van der Waals surface area (Å²) in [6, 6.07) is 19.6. The number of methoxy groups -OCH3 is 1. The van der Waals surface area contributed by atoms with E-state index in [0.29, 0.717) is 35.8 Å². The van der Waals surface area contributed by atoms with Gasteiger partial charge in [-0.1, -0.05) is 42.5 Å². The quantitative estimate of drug-likeness (QED) is 0.295. The van der Waals surface area contributed by atoms with Gasteiger partial charge in [0.15, 0.2) is 9.84 Å². The summed E-state index contributed by atoms with van der Waals surface area (Å²) in [5.74, 6) is 0.211. The number of carbonyl (C=O) groups is 1. The van der Waals surface area contributed by atoms with Crippen LogP contribution in [0.25, 0.3) is 0 Å². The number of nitrogens with zero attached hydrogens (tertiary/aromatic N) is 3. The van der Waals surface area contributed by atoms with Crippen molar-refractivity contribution in [1.29, 1.82) is 0 Å². The van der Waals surface area contributed by atoms with E-state index in [4.69, 9.17) is 4.74 Å². The van der Waals surface area contributed by atoms with E-state index in [1.165, 1.54) is 13.3 Å². The molecule has 10 heteroatoms. The second-order valence-corrected chi connectivity index (χ2v) is 11.6. The number of benzene rings is 3. The number of hydrogen-bond donors (Lipinski definition) is 2. The van der Waals surface area contributed by atoms with E-state index in [0.717, 1.165) is 29.8 Å². The van der Waals surface area contributed by atoms with Crippen LogP contribution < -0.4 is 10.2 Å². The van der Waals surface area contributed by atoms with Crippen LogP contribution in [0.15, 0.2) is 76.7 Å². The number of phenols is 1. The van der Waals surface area contributed by atoms with Crippen LogP contribution in [-0.4, -0.2) is 75.3 Å². The molecular formula is C29H34N4O5S. The van der Waals surface area contributed by atoms with Crippen molar-refractivity contribution in [2.24, 2.45) is 5.10 Å². The van der Waals surface area contributed by atoms with E-state index >= 15 is 0 Å². The molecule has 0 atom stereocenters. The monoisotopic (exact) mass is 550 g/mol. The lowest BCUT2D eigenvalue weighted by Crippen LogP contribution is -2.48. The lowest BCUT2D eigenvalue weighted by atomic mass is 10.1. The van der Waals surface area contributed by atoms with Crippen LogP contribution in [0.3, 0.4) is 0 Å². The SMILES string of the molecule is COc1cc(C)cc(O)c1/C=N/NC(=O)CN1CCN(Cc2ccccc2CS(=O)(=O)c2ccccc2)CC1. The lowest BCUT2D eigenvalue weighted by Gasteiger charge is -2.34. The molecule has 206 valence electrons. The summed E-state index contributed by atoms with van der Waals surface area (Å²) in [5, 5.41) is 14.1. The molecule has 0 aliphatic carbocycles. The minimum absolute atomic E-state index is 0.0280. The number of aryl methyl sites for hydroxylation is 1. The molecule has 0 radical (unpaired) electrons. The molecule has 4 rings (SSSR count). The molecule has 9 nitrogen and oxygen atoms in total. The van der Waals surface area contributed by atoms with Crippen LogP contribution >= 0.6 is 0 Å². The van der Waals surface area contributed by atoms with Crippen molar-refractivity contribution in [2.75, 3.05) is 39.8 Å². The molecule has 2 N–H and O–H groups in total. The number of piperazine rings is 1. The van der Waals surface area contributed by atoms with Crippen molar-refractivity contribution in [2.45, 2.75) is 24.1 Å². The maximum Gasteiger partial charge on any atom is 0.254 e. The zero-order valence-electron chi connectivity index (χ0n) is 22.2. The maximum absolute atomic E-state index is 12.9. The van der Waals surface area contributed by atoms with E-state index in [-0.39, 0.29) is 24.0 Å². The Labute approximate surface area is 229 Å². The Bertz CT molecular complexity index is 1420. The molecule has 3 aromatic carbocycles. The topological polar surface area (TPSA) is 112 Å². The summed E-state index contributed by atoms with van der Waals surface area (Å²) >= 11 is 0. The highest BCUT2D eigenvalue weighted by Gasteiger charge is 2.21. The van der Waals surface area contributed by atoms with Crippen LogP contribution in [-0.2, 0) is 26.9 Å². The first-order valence-corrected chi connectivity index (χ1v) is 14.4. The van der Waals surface area contributed by atoms with Gasteiger partial charge in [-0.2, -0.15) is 5.10 Å². The number of rotatable bonds is 10. The summed E-state index contributed by atoms with van der Waals surface area (Å²) in [4.78, 5) is 17.1. The van der Waals surface area contributed by atoms with Gasteiger partial charge in [-0.3, -0.25) is 14.6 Å². The van der Waals surface area contributed by atoms with Crippen molar-refractivity contribution >= 4 is 22.0 Å². The van der Waals surface area contributed by atoms with Crippen LogP contribution in [0.4, 0.5) is 0 Å². The van der Waals surface area contributed by atoms with Crippen LogP contribution in [0.5, 0.6) is 11.5 Å². The third-order valence-corrected chi connectivity index (χ3v) is 8.34. The number of hydrogen-bond acceptors (Lipinski definition) is 8. The predicted octanol–water partition coefficient (Wildman–Crippen LogP) is 2.95. The Morgan fingerprint density at radius 2 is 1.64 bits per heavy atom. The number of hydrazone groups is 1. The second-order valence-electron chi connectivity index (χ2n) is 9.59. The Morgan fingerprint density at radius 3 is 2.33 bits per heavy atom. The van der Waals surface area contributed by atoms with Gasteiger partial charge in [0.2, 0.25) is 0 Å². The third kappa shape index (κ3) is 7.66. The Balaban J connectivity index is 1.28. The minimum Gasteiger partial charge on any atom is -0.507 e. The number of ether oxygens (including phenoxy) is 1. The van der Waals surface area contributed by atoms with Crippen molar-refractivity contribution in [3.8, 4) is 11.5 Å². The summed E-state index contributed by atoms with van der Waals surface area (Å²) in [6.45, 7) is 5.61. The number of sulfone groups is 1. The van der Waals surface area contributed by atoms with Gasteiger partial charge in [-0.15, -0.1) is 0 Å². The molecule has 1 aliphatic heterocycles. The highest BCUT2D eigenvalue weighted by molar-refractivity contribution is 7.90. The minimum atomic E-state index is -3.44. The van der Waals surface area contributed by atoms with Gasteiger partial charge in [0, 0.05) is 32.7 Å². The van der Waals surface area contributed by atoms with Gasteiger partial charge in [-0.25, -0.2) is 13.8 Å². The van der Waals surface area contributed by atoms with Crippen LogP contribution in [0.1, 0.15) is 22.3 Å². The largest absolute Gasteiger partial charge is 0.507 e. The van der Waals surface area contributed by atoms with Crippen LogP contribution in [0, 0.1) is 6.92 Å². The number of phenolic OH excluding ortho intramolecular Hbond substituents is 1. The molecule has 0 aromatic heterocycles. The normalized spacial score (nSPS) is 14.9. The fourth-order valence-electron chi connectivity index (χ4n) is 4.57. The van der Waals surface area contributed by atoms with Gasteiger partial charge < -0.3 is 9.84 Å². The zero-order valence-corrected chi connectivity index (χ0v) is 23.0. The lowest BCUT2D eigenvalue weighted by molar-refractivity contribution is -0.122. The van der Waals surface area contributed by atoms with Crippen molar-refractivity contribution in [1.82, 2.24) is 15.2 Å². The Hall–Kier alpha value is -3.73. The van der Waals surface area contributed by atoms with Crippen molar-refractivity contribution in [3.63, 3.8) is 0 Å². The highest BCUT2D eigenvalue weighted by Crippen LogP contribution is 2.27. The smallest absolute Gasteiger partial charge is 0.254 e. The zero-order chi connectivity index (χ0) is 27.8. The first-order chi connectivity index (χ1) is 18.7. The molecule has 1 amide bonds. The van der Waals surface area contributed by atoms with E-state index < -0.39 is 9.84 Å². The summed E-state index contributed by atoms with van der Waals surface area (Å²) < 4.78 is 31.1. The highest BCUT2D eigenvalue weighted by atomic mass is 32.2. The summed E-state index contributed by atoms with van der Waals surface area (Å²) in [5.41, 5.74) is 5.56. The predicted molar refractivity (Wildman–Crippen MR) is 151 cm³/mol. The molecular weight excluding hydrogens is 516 g/mol. The fourth-order valence-corrected chi connectivity index (χ4v) is 6.00. The van der Waals surface area contributed by atoms with Crippen LogP contribution in [0.2, 0.25) is 0 Å². The van der Waals surface area contributed by atoms with E-state index in [2.05, 4.69) is 20.3 Å². The first-order valence-electron chi connectivity index (χ1n) is 12.7. The first kappa shape index (κ1) is 28.3. The van der Waals surface area contributed by atoms with Crippen molar-refractivity contribution < 1.29 is 23.1 Å². The number of amides is 1. The van der Waals surface area contributed by atoms with Gasteiger partial charge >= 0.3 is 0 Å². The number of nitrogens with one attached hydrogen (secondary N) is 1. The molecule has 0 bridgehead atoms. The Morgan fingerprint density at radius 1 is 1.00 bits per heavy atom. The molecule has 1 aliphatic rings. The molecule has 1 saturated heterocycles. The van der Waals surface area contributed by atoms with Gasteiger partial charge in [-0.05, 0) is 47.9 Å². The average Bonchev–Trinajstić information content (AvgIpc) is 2.92. The van der Waals surface area contributed by atoms with Gasteiger partial charge in [0.25, 0.3) is 5.91 Å². The molecule has 39 heavy (non-hydrogen) atoms. The molecule has 0 spiro atoms. The second kappa shape index (κ2) is 12.9. The third-order valence-electron chi connectivity index (χ3n) is 6.66. The standard InChI is InChI=1S/C29H34N4O5S/c1-22-16-27(34)26(28(17-22)38-2)18-30-31-29(35)20-33-14-12-32(13-15-33)19-23-8-6-7-9-24(23)21-39(36,37)25-10-4-3-5-11-25/h3-11,16-18,34H,12-15,19-21H2,1-2H3,(H,31,35)/b30-18+.